The monoisotopic (exact) mass is 374 g/mol. The van der Waals surface area contributed by atoms with Gasteiger partial charge in [0.25, 0.3) is 5.91 Å². The van der Waals surface area contributed by atoms with E-state index < -0.39 is 12.1 Å². The lowest BCUT2D eigenvalue weighted by atomic mass is 10.0. The molecule has 0 saturated carbocycles. The van der Waals surface area contributed by atoms with E-state index in [9.17, 15) is 9.59 Å². The molecule has 6 nitrogen and oxygen atoms in total. The number of rotatable bonds is 4. The summed E-state index contributed by atoms with van der Waals surface area (Å²) in [5.74, 6) is -0.492. The number of ether oxygens (including phenoxy) is 1. The summed E-state index contributed by atoms with van der Waals surface area (Å²) in [6, 6.07) is 21.1. The second kappa shape index (κ2) is 7.08. The molecule has 6 heteroatoms. The van der Waals surface area contributed by atoms with Crippen molar-refractivity contribution in [2.24, 2.45) is 0 Å². The number of aromatic carboxylic acids is 1. The molecule has 3 aromatic carbocycles. The van der Waals surface area contributed by atoms with Gasteiger partial charge in [-0.05, 0) is 42.0 Å². The number of anilines is 2. The minimum atomic E-state index is -0.991. The van der Waals surface area contributed by atoms with Gasteiger partial charge < -0.3 is 15.2 Å². The number of carbonyl (C=O) groups is 2. The fourth-order valence-corrected chi connectivity index (χ4v) is 3.32. The zero-order valence-electron chi connectivity index (χ0n) is 15.1. The standard InChI is InChI=1S/C22H18N2O4/c1-28-17-6-4-5-16(13-17)24-20(14-9-11-15(12-10-14)22(26)27)23-19-8-3-2-7-18(19)21(24)25/h2-13,20,23H,1H3,(H,26,27)/t20-/m0/s1. The van der Waals surface area contributed by atoms with Crippen molar-refractivity contribution in [3.63, 3.8) is 0 Å². The Morgan fingerprint density at radius 3 is 2.50 bits per heavy atom. The summed E-state index contributed by atoms with van der Waals surface area (Å²) in [4.78, 5) is 26.1. The van der Waals surface area contributed by atoms with E-state index in [1.807, 2.05) is 36.4 Å². The van der Waals surface area contributed by atoms with Gasteiger partial charge in [0.15, 0.2) is 0 Å². The smallest absolute Gasteiger partial charge is 0.335 e. The van der Waals surface area contributed by atoms with Crippen molar-refractivity contribution in [1.29, 1.82) is 0 Å². The third kappa shape index (κ3) is 3.05. The zero-order valence-corrected chi connectivity index (χ0v) is 15.1. The average molecular weight is 374 g/mol. The molecule has 0 aromatic heterocycles. The molecule has 140 valence electrons. The van der Waals surface area contributed by atoms with E-state index >= 15 is 0 Å². The maximum atomic E-state index is 13.3. The predicted octanol–water partition coefficient (Wildman–Crippen LogP) is 4.16. The van der Waals surface area contributed by atoms with E-state index in [0.29, 0.717) is 17.0 Å². The number of nitrogens with one attached hydrogen (secondary N) is 1. The molecule has 1 aliphatic heterocycles. The van der Waals surface area contributed by atoms with Crippen LogP contribution in [0.25, 0.3) is 0 Å². The van der Waals surface area contributed by atoms with Crippen molar-refractivity contribution in [3.05, 3.63) is 89.5 Å². The Bertz CT molecular complexity index is 1050. The molecule has 0 spiro atoms. The third-order valence-electron chi connectivity index (χ3n) is 4.73. The Kier molecular flexibility index (Phi) is 4.45. The lowest BCUT2D eigenvalue weighted by Gasteiger charge is -2.38. The maximum absolute atomic E-state index is 13.3. The molecule has 28 heavy (non-hydrogen) atoms. The molecule has 1 amide bonds. The van der Waals surface area contributed by atoms with Gasteiger partial charge in [-0.1, -0.05) is 30.3 Å². The molecular weight excluding hydrogens is 356 g/mol. The summed E-state index contributed by atoms with van der Waals surface area (Å²) >= 11 is 0. The Morgan fingerprint density at radius 2 is 1.79 bits per heavy atom. The van der Waals surface area contributed by atoms with Crippen molar-refractivity contribution in [1.82, 2.24) is 0 Å². The van der Waals surface area contributed by atoms with Crippen LogP contribution in [-0.4, -0.2) is 24.1 Å². The fourth-order valence-electron chi connectivity index (χ4n) is 3.32. The van der Waals surface area contributed by atoms with Crippen molar-refractivity contribution in [2.45, 2.75) is 6.17 Å². The highest BCUT2D eigenvalue weighted by Gasteiger charge is 2.34. The Morgan fingerprint density at radius 1 is 1.04 bits per heavy atom. The molecule has 0 aliphatic carbocycles. The number of nitrogens with zero attached hydrogens (tertiary/aromatic N) is 1. The molecule has 4 rings (SSSR count). The molecule has 0 radical (unpaired) electrons. The molecule has 0 bridgehead atoms. The average Bonchev–Trinajstić information content (AvgIpc) is 2.73. The van der Waals surface area contributed by atoms with Crippen LogP contribution < -0.4 is 15.0 Å². The van der Waals surface area contributed by atoms with E-state index in [1.54, 1.807) is 36.3 Å². The minimum absolute atomic E-state index is 0.144. The molecule has 1 heterocycles. The summed E-state index contributed by atoms with van der Waals surface area (Å²) < 4.78 is 5.31. The summed E-state index contributed by atoms with van der Waals surface area (Å²) in [5, 5.41) is 12.5. The van der Waals surface area contributed by atoms with Crippen molar-refractivity contribution in [2.75, 3.05) is 17.3 Å². The first-order valence-corrected chi connectivity index (χ1v) is 8.75. The Hall–Kier alpha value is -3.80. The molecule has 3 aromatic rings. The van der Waals surface area contributed by atoms with Crippen LogP contribution in [0.3, 0.4) is 0 Å². The van der Waals surface area contributed by atoms with E-state index in [-0.39, 0.29) is 11.5 Å². The Labute approximate surface area is 162 Å². The van der Waals surface area contributed by atoms with Gasteiger partial charge in [-0.25, -0.2) is 4.79 Å². The summed E-state index contributed by atoms with van der Waals surface area (Å²) in [7, 11) is 1.58. The lowest BCUT2D eigenvalue weighted by molar-refractivity contribution is 0.0696. The number of methoxy groups -OCH3 is 1. The van der Waals surface area contributed by atoms with Crippen LogP contribution in [0, 0.1) is 0 Å². The lowest BCUT2D eigenvalue weighted by Crippen LogP contribution is -2.43. The normalized spacial score (nSPS) is 15.5. The van der Waals surface area contributed by atoms with Gasteiger partial charge in [0.2, 0.25) is 0 Å². The highest BCUT2D eigenvalue weighted by atomic mass is 16.5. The summed E-state index contributed by atoms with van der Waals surface area (Å²) in [6.45, 7) is 0. The van der Waals surface area contributed by atoms with Gasteiger partial charge in [-0.2, -0.15) is 0 Å². The zero-order chi connectivity index (χ0) is 19.7. The van der Waals surface area contributed by atoms with Crippen LogP contribution in [0.4, 0.5) is 11.4 Å². The van der Waals surface area contributed by atoms with Crippen LogP contribution in [0.2, 0.25) is 0 Å². The number of hydrogen-bond acceptors (Lipinski definition) is 4. The van der Waals surface area contributed by atoms with E-state index in [0.717, 1.165) is 11.3 Å². The first-order valence-electron chi connectivity index (χ1n) is 8.75. The number of para-hydroxylation sites is 1. The second-order valence-corrected chi connectivity index (χ2v) is 6.40. The van der Waals surface area contributed by atoms with Crippen LogP contribution in [0.1, 0.15) is 32.4 Å². The van der Waals surface area contributed by atoms with Gasteiger partial charge in [0.1, 0.15) is 11.9 Å². The number of hydrogen-bond donors (Lipinski definition) is 2. The molecule has 2 N–H and O–H groups in total. The van der Waals surface area contributed by atoms with Gasteiger partial charge in [0, 0.05) is 11.8 Å². The first-order chi connectivity index (χ1) is 13.6. The van der Waals surface area contributed by atoms with Gasteiger partial charge >= 0.3 is 5.97 Å². The molecule has 0 unspecified atom stereocenters. The van der Waals surface area contributed by atoms with E-state index in [4.69, 9.17) is 9.84 Å². The quantitative estimate of drug-likeness (QED) is 0.717. The number of carboxylic acid groups (broad SMARTS) is 1. The molecule has 1 aliphatic rings. The molecule has 0 fully saturated rings. The fraction of sp³-hybridized carbons (Fsp3) is 0.0909. The van der Waals surface area contributed by atoms with Crippen molar-refractivity contribution >= 4 is 23.3 Å². The highest BCUT2D eigenvalue weighted by molar-refractivity contribution is 6.12. The maximum Gasteiger partial charge on any atom is 0.335 e. The minimum Gasteiger partial charge on any atom is -0.497 e. The number of carbonyl (C=O) groups excluding carboxylic acids is 1. The van der Waals surface area contributed by atoms with Gasteiger partial charge in [-0.3, -0.25) is 9.69 Å². The highest BCUT2D eigenvalue weighted by Crippen LogP contribution is 2.37. The van der Waals surface area contributed by atoms with Crippen molar-refractivity contribution < 1.29 is 19.4 Å². The summed E-state index contributed by atoms with van der Waals surface area (Å²) in [6.07, 6.45) is -0.489. The number of benzene rings is 3. The van der Waals surface area contributed by atoms with Crippen molar-refractivity contribution in [3.8, 4) is 5.75 Å². The number of fused-ring (bicyclic) bond motifs is 1. The SMILES string of the molecule is COc1cccc(N2C(=O)c3ccccc3N[C@@H]2c2ccc(C(=O)O)cc2)c1. The predicted molar refractivity (Wildman–Crippen MR) is 106 cm³/mol. The van der Waals surface area contributed by atoms with Crippen LogP contribution in [0.15, 0.2) is 72.8 Å². The number of amides is 1. The third-order valence-corrected chi connectivity index (χ3v) is 4.73. The van der Waals surface area contributed by atoms with Crippen LogP contribution in [-0.2, 0) is 0 Å². The summed E-state index contributed by atoms with van der Waals surface area (Å²) in [5.41, 5.74) is 2.95. The van der Waals surface area contributed by atoms with Crippen LogP contribution >= 0.6 is 0 Å². The van der Waals surface area contributed by atoms with Crippen LogP contribution in [0.5, 0.6) is 5.75 Å². The molecular formula is C22H18N2O4. The second-order valence-electron chi connectivity index (χ2n) is 6.40. The molecule has 0 saturated heterocycles. The number of carboxylic acids is 1. The van der Waals surface area contributed by atoms with E-state index in [2.05, 4.69) is 5.32 Å². The first kappa shape index (κ1) is 17.6. The molecule has 1 atom stereocenters. The van der Waals surface area contributed by atoms with Gasteiger partial charge in [0.05, 0.1) is 23.9 Å². The largest absolute Gasteiger partial charge is 0.497 e. The van der Waals surface area contributed by atoms with Gasteiger partial charge in [-0.15, -0.1) is 0 Å². The van der Waals surface area contributed by atoms with E-state index in [1.165, 1.54) is 12.1 Å². The Balaban J connectivity index is 1.83. The topological polar surface area (TPSA) is 78.9 Å².